The lowest BCUT2D eigenvalue weighted by Gasteiger charge is -2.22. The molecule has 0 saturated heterocycles. The number of rotatable bonds is 9. The molecule has 2 atom stereocenters. The molecule has 0 aliphatic heterocycles. The summed E-state index contributed by atoms with van der Waals surface area (Å²) in [6.07, 6.45) is 3.27. The van der Waals surface area contributed by atoms with Crippen LogP contribution in [0, 0.1) is 5.82 Å². The molecule has 5 nitrogen and oxygen atoms in total. The Kier molecular flexibility index (Phi) is 8.01. The van der Waals surface area contributed by atoms with Gasteiger partial charge in [-0.15, -0.1) is 20.6 Å². The molecule has 1 N–H and O–H groups in total. The Morgan fingerprint density at radius 3 is 2.53 bits per heavy atom. The van der Waals surface area contributed by atoms with Crippen LogP contribution < -0.4 is 5.32 Å². The molecule has 1 aromatic carbocycles. The predicted octanol–water partition coefficient (Wildman–Crippen LogP) is 6.04. The van der Waals surface area contributed by atoms with Crippen molar-refractivity contribution < 1.29 is 18.4 Å². The van der Waals surface area contributed by atoms with Gasteiger partial charge in [-0.3, -0.25) is 9.59 Å². The summed E-state index contributed by atoms with van der Waals surface area (Å²) in [5.41, 5.74) is 1.89. The maximum absolute atomic E-state index is 13.2. The Morgan fingerprint density at radius 1 is 1.24 bits per heavy atom. The van der Waals surface area contributed by atoms with Crippen molar-refractivity contribution in [2.45, 2.75) is 38.8 Å². The van der Waals surface area contributed by atoms with Crippen LogP contribution >= 0.6 is 20.6 Å². The van der Waals surface area contributed by atoms with Gasteiger partial charge in [-0.05, 0) is 55.0 Å². The summed E-state index contributed by atoms with van der Waals surface area (Å²) in [5, 5.41) is 2.94. The second-order valence-corrected chi connectivity index (χ2v) is 10.9. The number of nitrogens with one attached hydrogen (secondary N) is 1. The number of Topliss-reactive ketones (excluding diaryl/α,β-unsaturated/α-hetero) is 1. The monoisotopic (exact) mass is 498 g/mol. The molecule has 3 rings (SSSR count). The van der Waals surface area contributed by atoms with Gasteiger partial charge in [0.15, 0.2) is 5.78 Å². The van der Waals surface area contributed by atoms with Crippen molar-refractivity contribution in [1.82, 2.24) is 10.3 Å². The van der Waals surface area contributed by atoms with E-state index in [4.69, 9.17) is 4.42 Å². The minimum atomic E-state index is -0.493. The molecule has 2 aromatic heterocycles. The maximum atomic E-state index is 13.2. The van der Waals surface area contributed by atoms with E-state index < -0.39 is 5.41 Å². The van der Waals surface area contributed by atoms with Gasteiger partial charge in [-0.2, -0.15) is 0 Å². The third kappa shape index (κ3) is 6.16. The molecule has 1 amide bonds. The van der Waals surface area contributed by atoms with Crippen molar-refractivity contribution >= 4 is 37.8 Å². The number of allylic oxidation sites excluding steroid dienone is 2. The summed E-state index contributed by atoms with van der Waals surface area (Å²) in [6.45, 7) is 11.8. The Hall–Kier alpha value is -2.89. The van der Waals surface area contributed by atoms with Crippen molar-refractivity contribution in [2.75, 3.05) is 6.54 Å². The zero-order valence-electron chi connectivity index (χ0n) is 19.6. The van der Waals surface area contributed by atoms with Crippen LogP contribution in [-0.2, 0) is 10.2 Å². The topological polar surface area (TPSA) is 72.2 Å². The minimum absolute atomic E-state index is 0.0603. The van der Waals surface area contributed by atoms with Crippen LogP contribution in [0.2, 0.25) is 0 Å². The highest BCUT2D eigenvalue weighted by atomic mass is 32.1. The van der Waals surface area contributed by atoms with E-state index >= 15 is 0 Å². The van der Waals surface area contributed by atoms with Gasteiger partial charge in [0.05, 0.1) is 10.6 Å². The van der Waals surface area contributed by atoms with Gasteiger partial charge in [0.25, 0.3) is 0 Å². The van der Waals surface area contributed by atoms with Gasteiger partial charge in [-0.25, -0.2) is 9.37 Å². The van der Waals surface area contributed by atoms with Crippen molar-refractivity contribution in [3.8, 4) is 11.5 Å². The van der Waals surface area contributed by atoms with Gasteiger partial charge < -0.3 is 9.73 Å². The van der Waals surface area contributed by atoms with Gasteiger partial charge in [0, 0.05) is 33.6 Å². The molecular weight excluding hydrogens is 470 g/mol. The van der Waals surface area contributed by atoms with E-state index in [-0.39, 0.29) is 23.2 Å². The molecule has 34 heavy (non-hydrogen) atoms. The maximum Gasteiger partial charge on any atom is 0.246 e. The first-order valence-corrected chi connectivity index (χ1v) is 12.2. The normalized spacial score (nSPS) is 12.9. The Bertz CT molecular complexity index is 1240. The number of aromatic nitrogens is 1. The molecule has 2 unspecified atom stereocenters. The third-order valence-electron chi connectivity index (χ3n) is 5.31. The molecule has 8 heteroatoms. The largest absolute Gasteiger partial charge is 0.444 e. The number of benzene rings is 1. The first kappa shape index (κ1) is 25.7. The standard InChI is InChI=1S/C26H28FN2O3PS/c1-15(20-10-11-21(34-20)23(30)17(3)33)12-16(2)24(31)28-14-26(4,5)22-13-32-25(29-22)18-6-8-19(27)9-7-18/h6-13,17H,1,14,33H2,2-5H3,(H,28,31)/b16-12+. The number of thiophene rings is 1. The van der Waals surface area contributed by atoms with Crippen LogP contribution in [0.25, 0.3) is 17.0 Å². The molecule has 0 bridgehead atoms. The quantitative estimate of drug-likeness (QED) is 0.169. The number of carbonyl (C=O) groups excluding carboxylic acids is 2. The fourth-order valence-electron chi connectivity index (χ4n) is 3.11. The zero-order chi connectivity index (χ0) is 25.0. The number of halogens is 1. The summed E-state index contributed by atoms with van der Waals surface area (Å²) < 4.78 is 18.7. The van der Waals surface area contributed by atoms with E-state index in [1.165, 1.54) is 23.5 Å². The molecule has 0 radical (unpaired) electrons. The first-order valence-electron chi connectivity index (χ1n) is 10.8. The lowest BCUT2D eigenvalue weighted by molar-refractivity contribution is -0.117. The van der Waals surface area contributed by atoms with Crippen LogP contribution in [-0.4, -0.2) is 28.9 Å². The highest BCUT2D eigenvalue weighted by Gasteiger charge is 2.26. The fourth-order valence-corrected chi connectivity index (χ4v) is 4.39. The molecule has 178 valence electrons. The van der Waals surface area contributed by atoms with Crippen LogP contribution in [0.5, 0.6) is 0 Å². The summed E-state index contributed by atoms with van der Waals surface area (Å²) in [5.74, 6) is -0.0907. The average molecular weight is 499 g/mol. The van der Waals surface area contributed by atoms with E-state index in [2.05, 4.69) is 26.1 Å². The van der Waals surface area contributed by atoms with Crippen LogP contribution in [0.4, 0.5) is 4.39 Å². The second kappa shape index (κ2) is 10.6. The summed E-state index contributed by atoms with van der Waals surface area (Å²) in [6, 6.07) is 9.56. The van der Waals surface area contributed by atoms with Gasteiger partial charge in [0.1, 0.15) is 12.1 Å². The van der Waals surface area contributed by atoms with Crippen LogP contribution in [0.1, 0.15) is 47.9 Å². The van der Waals surface area contributed by atoms with E-state index in [9.17, 15) is 14.0 Å². The Balaban J connectivity index is 1.63. The SMILES string of the molecule is C=C(/C=C(\C)C(=O)NCC(C)(C)c1coc(-c2ccc(F)cc2)n1)c1ccc(C(=O)C(C)P)s1. The number of hydrogen-bond acceptors (Lipinski definition) is 5. The molecule has 0 saturated carbocycles. The Labute approximate surface area is 205 Å². The molecule has 2 heterocycles. The second-order valence-electron chi connectivity index (χ2n) is 8.78. The number of oxazole rings is 1. The lowest BCUT2D eigenvalue weighted by atomic mass is 9.90. The highest BCUT2D eigenvalue weighted by Crippen LogP contribution is 2.28. The van der Waals surface area contributed by atoms with E-state index in [0.29, 0.717) is 39.7 Å². The molecular formula is C26H28FN2O3PS. The van der Waals surface area contributed by atoms with E-state index in [0.717, 1.165) is 4.88 Å². The molecule has 0 aliphatic rings. The van der Waals surface area contributed by atoms with E-state index in [1.54, 1.807) is 37.5 Å². The highest BCUT2D eigenvalue weighted by molar-refractivity contribution is 7.21. The third-order valence-corrected chi connectivity index (χ3v) is 6.79. The minimum Gasteiger partial charge on any atom is -0.444 e. The summed E-state index contributed by atoms with van der Waals surface area (Å²) >= 11 is 1.37. The van der Waals surface area contributed by atoms with Crippen LogP contribution in [0.15, 0.2) is 65.3 Å². The number of nitrogens with zero attached hydrogens (tertiary/aromatic N) is 1. The zero-order valence-corrected chi connectivity index (χ0v) is 21.6. The predicted molar refractivity (Wildman–Crippen MR) is 139 cm³/mol. The van der Waals surface area contributed by atoms with Gasteiger partial charge in [0.2, 0.25) is 11.8 Å². The summed E-state index contributed by atoms with van der Waals surface area (Å²) in [7, 11) is 2.50. The Morgan fingerprint density at radius 2 is 1.88 bits per heavy atom. The molecule has 3 aromatic rings. The fraction of sp³-hybridized carbons (Fsp3) is 0.269. The number of carbonyl (C=O) groups is 2. The van der Waals surface area contributed by atoms with Crippen molar-refractivity contribution in [1.29, 1.82) is 0 Å². The lowest BCUT2D eigenvalue weighted by Crippen LogP contribution is -2.37. The number of hydrogen-bond donors (Lipinski definition) is 1. The van der Waals surface area contributed by atoms with Gasteiger partial charge >= 0.3 is 0 Å². The number of ketones is 1. The molecule has 0 fully saturated rings. The number of amides is 1. The van der Waals surface area contributed by atoms with Crippen molar-refractivity contribution in [3.63, 3.8) is 0 Å². The average Bonchev–Trinajstić information content (AvgIpc) is 3.48. The summed E-state index contributed by atoms with van der Waals surface area (Å²) in [4.78, 5) is 30.9. The smallest absolute Gasteiger partial charge is 0.246 e. The molecule has 0 aliphatic carbocycles. The van der Waals surface area contributed by atoms with Crippen molar-refractivity contribution in [3.05, 3.63) is 82.2 Å². The van der Waals surface area contributed by atoms with Crippen LogP contribution in [0.3, 0.4) is 0 Å². The molecule has 0 spiro atoms. The van der Waals surface area contributed by atoms with E-state index in [1.807, 2.05) is 26.8 Å². The first-order chi connectivity index (χ1) is 16.0. The van der Waals surface area contributed by atoms with Gasteiger partial charge in [-0.1, -0.05) is 27.4 Å². The van der Waals surface area contributed by atoms with Crippen molar-refractivity contribution in [2.24, 2.45) is 0 Å².